The lowest BCUT2D eigenvalue weighted by molar-refractivity contribution is -0.139. The van der Waals surface area contributed by atoms with Crippen LogP contribution in [0.3, 0.4) is 0 Å². The third-order valence-electron chi connectivity index (χ3n) is 3.06. The van der Waals surface area contributed by atoms with Crippen LogP contribution in [0.4, 0.5) is 10.5 Å². The van der Waals surface area contributed by atoms with Crippen LogP contribution in [0, 0.1) is 12.8 Å². The molecule has 1 atom stereocenters. The van der Waals surface area contributed by atoms with E-state index in [-0.39, 0.29) is 5.92 Å². The lowest BCUT2D eigenvalue weighted by atomic mass is 10.2. The topological polar surface area (TPSA) is 78.4 Å². The summed E-state index contributed by atoms with van der Waals surface area (Å²) in [4.78, 5) is 22.8. The molecule has 0 aliphatic heterocycles. The van der Waals surface area contributed by atoms with Crippen molar-refractivity contribution in [3.05, 3.63) is 28.2 Å². The Balaban J connectivity index is 1.96. The van der Waals surface area contributed by atoms with Crippen LogP contribution in [0.2, 0.25) is 0 Å². The van der Waals surface area contributed by atoms with Gasteiger partial charge in [0.05, 0.1) is 0 Å². The molecule has 102 valence electrons. The standard InChI is InChI=1S/C13H15BrN2O3/c1-7-6-9(4-5-10(7)14)15-13(19)16-11(12(17)18)8-2-3-8/h4-6,8,11H,2-3H2,1H3,(H,17,18)(H2,15,16,19). The molecule has 2 rings (SSSR count). The minimum Gasteiger partial charge on any atom is -0.480 e. The number of nitrogens with one attached hydrogen (secondary N) is 2. The summed E-state index contributed by atoms with van der Waals surface area (Å²) < 4.78 is 0.958. The van der Waals surface area contributed by atoms with Crippen LogP contribution in [0.15, 0.2) is 22.7 Å². The zero-order valence-corrected chi connectivity index (χ0v) is 12.0. The number of aryl methyl sites for hydroxylation is 1. The molecule has 1 unspecified atom stereocenters. The molecule has 0 aromatic heterocycles. The van der Waals surface area contributed by atoms with Crippen LogP contribution in [0.25, 0.3) is 0 Å². The Labute approximate surface area is 119 Å². The van der Waals surface area contributed by atoms with Gasteiger partial charge in [-0.25, -0.2) is 9.59 Å². The van der Waals surface area contributed by atoms with Gasteiger partial charge in [-0.15, -0.1) is 0 Å². The fourth-order valence-corrected chi connectivity index (χ4v) is 2.09. The summed E-state index contributed by atoms with van der Waals surface area (Å²) in [5.74, 6) is -0.917. The molecular weight excluding hydrogens is 312 g/mol. The molecule has 1 aromatic carbocycles. The number of benzene rings is 1. The van der Waals surface area contributed by atoms with Crippen molar-refractivity contribution in [2.24, 2.45) is 5.92 Å². The van der Waals surface area contributed by atoms with E-state index in [0.29, 0.717) is 5.69 Å². The van der Waals surface area contributed by atoms with Crippen molar-refractivity contribution in [1.29, 1.82) is 0 Å². The molecule has 0 radical (unpaired) electrons. The van der Waals surface area contributed by atoms with Crippen molar-refractivity contribution in [1.82, 2.24) is 5.32 Å². The lowest BCUT2D eigenvalue weighted by Gasteiger charge is -2.14. The van der Waals surface area contributed by atoms with Gasteiger partial charge >= 0.3 is 12.0 Å². The Morgan fingerprint density at radius 3 is 2.63 bits per heavy atom. The van der Waals surface area contributed by atoms with Gasteiger partial charge in [-0.05, 0) is 49.4 Å². The van der Waals surface area contributed by atoms with Crippen LogP contribution in [-0.2, 0) is 4.79 Å². The number of amides is 2. The summed E-state index contributed by atoms with van der Waals surface area (Å²) in [7, 11) is 0. The molecule has 1 aliphatic rings. The highest BCUT2D eigenvalue weighted by Gasteiger charge is 2.37. The summed E-state index contributed by atoms with van der Waals surface area (Å²) in [5, 5.41) is 14.2. The number of halogens is 1. The van der Waals surface area contributed by atoms with E-state index in [1.807, 2.05) is 19.1 Å². The Bertz CT molecular complexity index is 515. The Morgan fingerprint density at radius 1 is 1.42 bits per heavy atom. The van der Waals surface area contributed by atoms with Gasteiger partial charge in [-0.3, -0.25) is 0 Å². The summed E-state index contributed by atoms with van der Waals surface area (Å²) in [6.07, 6.45) is 1.71. The average Bonchev–Trinajstić information content (AvgIpc) is 3.14. The van der Waals surface area contributed by atoms with Crippen LogP contribution >= 0.6 is 15.9 Å². The van der Waals surface area contributed by atoms with E-state index in [1.165, 1.54) is 0 Å². The number of carbonyl (C=O) groups is 2. The van der Waals surface area contributed by atoms with Crippen molar-refractivity contribution in [2.45, 2.75) is 25.8 Å². The quantitative estimate of drug-likeness (QED) is 0.796. The number of aliphatic carboxylic acids is 1. The second kappa shape index (κ2) is 5.61. The van der Waals surface area contributed by atoms with Gasteiger partial charge in [0.1, 0.15) is 6.04 Å². The van der Waals surface area contributed by atoms with Crippen LogP contribution in [0.1, 0.15) is 18.4 Å². The maximum absolute atomic E-state index is 11.8. The molecule has 2 amide bonds. The minimum absolute atomic E-state index is 0.0647. The first kappa shape index (κ1) is 13.9. The first-order valence-electron chi connectivity index (χ1n) is 6.04. The van der Waals surface area contributed by atoms with Crippen molar-refractivity contribution in [3.63, 3.8) is 0 Å². The SMILES string of the molecule is Cc1cc(NC(=O)NC(C(=O)O)C2CC2)ccc1Br. The molecule has 0 heterocycles. The van der Waals surface area contributed by atoms with E-state index in [2.05, 4.69) is 26.6 Å². The van der Waals surface area contributed by atoms with E-state index < -0.39 is 18.0 Å². The molecule has 0 bridgehead atoms. The van der Waals surface area contributed by atoms with Gasteiger partial charge in [-0.2, -0.15) is 0 Å². The highest BCUT2D eigenvalue weighted by atomic mass is 79.9. The predicted octanol–water partition coefficient (Wildman–Crippen LogP) is 2.74. The van der Waals surface area contributed by atoms with Crippen LogP contribution < -0.4 is 10.6 Å². The Kier molecular flexibility index (Phi) is 4.09. The third kappa shape index (κ3) is 3.70. The van der Waals surface area contributed by atoms with Gasteiger partial charge < -0.3 is 15.7 Å². The molecule has 3 N–H and O–H groups in total. The fourth-order valence-electron chi connectivity index (χ4n) is 1.84. The number of anilines is 1. The Hall–Kier alpha value is -1.56. The number of rotatable bonds is 4. The molecule has 0 spiro atoms. The lowest BCUT2D eigenvalue weighted by Crippen LogP contribution is -2.44. The van der Waals surface area contributed by atoms with Crippen LogP contribution in [0.5, 0.6) is 0 Å². The van der Waals surface area contributed by atoms with Crippen molar-refractivity contribution in [2.75, 3.05) is 5.32 Å². The molecule has 0 saturated heterocycles. The molecule has 19 heavy (non-hydrogen) atoms. The number of carboxylic acid groups (broad SMARTS) is 1. The Morgan fingerprint density at radius 2 is 2.11 bits per heavy atom. The molecule has 1 saturated carbocycles. The van der Waals surface area contributed by atoms with Gasteiger partial charge in [0.15, 0.2) is 0 Å². The van der Waals surface area contributed by atoms with Crippen molar-refractivity contribution in [3.8, 4) is 0 Å². The molecule has 1 aromatic rings. The smallest absolute Gasteiger partial charge is 0.326 e. The molecule has 1 fully saturated rings. The van der Waals surface area contributed by atoms with Gasteiger partial charge in [0, 0.05) is 10.2 Å². The second-order valence-electron chi connectivity index (χ2n) is 4.72. The maximum Gasteiger partial charge on any atom is 0.326 e. The highest BCUT2D eigenvalue weighted by Crippen LogP contribution is 2.32. The summed E-state index contributed by atoms with van der Waals surface area (Å²) in [6.45, 7) is 1.91. The zero-order chi connectivity index (χ0) is 14.0. The van der Waals surface area contributed by atoms with E-state index in [1.54, 1.807) is 6.07 Å². The van der Waals surface area contributed by atoms with E-state index in [4.69, 9.17) is 5.11 Å². The average molecular weight is 327 g/mol. The number of carbonyl (C=O) groups excluding carboxylic acids is 1. The number of hydrogen-bond acceptors (Lipinski definition) is 2. The molecule has 1 aliphatic carbocycles. The summed E-state index contributed by atoms with van der Waals surface area (Å²) >= 11 is 3.38. The van der Waals surface area contributed by atoms with Crippen molar-refractivity contribution < 1.29 is 14.7 Å². The molecule has 5 nitrogen and oxygen atoms in total. The normalized spacial score (nSPS) is 15.7. The number of urea groups is 1. The van der Waals surface area contributed by atoms with E-state index in [0.717, 1.165) is 22.9 Å². The van der Waals surface area contributed by atoms with Gasteiger partial charge in [0.25, 0.3) is 0 Å². The van der Waals surface area contributed by atoms with Crippen LogP contribution in [-0.4, -0.2) is 23.1 Å². The molecule has 6 heteroatoms. The highest BCUT2D eigenvalue weighted by molar-refractivity contribution is 9.10. The summed E-state index contributed by atoms with van der Waals surface area (Å²) in [5.41, 5.74) is 1.63. The fraction of sp³-hybridized carbons (Fsp3) is 0.385. The first-order valence-corrected chi connectivity index (χ1v) is 6.83. The van der Waals surface area contributed by atoms with Gasteiger partial charge in [0.2, 0.25) is 0 Å². The van der Waals surface area contributed by atoms with E-state index in [9.17, 15) is 9.59 Å². The maximum atomic E-state index is 11.8. The minimum atomic E-state index is -0.982. The first-order chi connectivity index (χ1) is 8.97. The zero-order valence-electron chi connectivity index (χ0n) is 10.4. The molecular formula is C13H15BrN2O3. The number of hydrogen-bond donors (Lipinski definition) is 3. The largest absolute Gasteiger partial charge is 0.480 e. The monoisotopic (exact) mass is 326 g/mol. The van der Waals surface area contributed by atoms with Crippen molar-refractivity contribution >= 4 is 33.6 Å². The third-order valence-corrected chi connectivity index (χ3v) is 3.95. The van der Waals surface area contributed by atoms with E-state index >= 15 is 0 Å². The second-order valence-corrected chi connectivity index (χ2v) is 5.57. The predicted molar refractivity (Wildman–Crippen MR) is 75.2 cm³/mol. The van der Waals surface area contributed by atoms with Gasteiger partial charge in [-0.1, -0.05) is 15.9 Å². The number of carboxylic acids is 1. The summed E-state index contributed by atoms with van der Waals surface area (Å²) in [6, 6.07) is 4.12.